The predicted octanol–water partition coefficient (Wildman–Crippen LogP) is 2.63. The number of likely N-dealkylation sites (N-methyl/N-ethyl adjacent to an activating group) is 1. The zero-order chi connectivity index (χ0) is 24.8. The van der Waals surface area contributed by atoms with Crippen LogP contribution in [0.2, 0.25) is 0 Å². The fraction of sp³-hybridized carbons (Fsp3) is 0.417. The van der Waals surface area contributed by atoms with E-state index in [0.717, 1.165) is 27.3 Å². The summed E-state index contributed by atoms with van der Waals surface area (Å²) in [6, 6.07) is 11.9. The lowest BCUT2D eigenvalue weighted by Crippen LogP contribution is -2.51. The smallest absolute Gasteiger partial charge is 0.244 e. The fourth-order valence-corrected chi connectivity index (χ4v) is 4.75. The molecule has 8 nitrogen and oxygen atoms in total. The lowest BCUT2D eigenvalue weighted by molar-refractivity contribution is -0.140. The van der Waals surface area contributed by atoms with Crippen molar-refractivity contribution in [2.45, 2.75) is 39.8 Å². The second-order valence-electron chi connectivity index (χ2n) is 7.92. The van der Waals surface area contributed by atoms with Crippen molar-refractivity contribution in [1.82, 2.24) is 10.2 Å². The van der Waals surface area contributed by atoms with E-state index >= 15 is 0 Å². The van der Waals surface area contributed by atoms with E-state index in [4.69, 9.17) is 4.74 Å². The van der Waals surface area contributed by atoms with Gasteiger partial charge in [0.25, 0.3) is 0 Å². The van der Waals surface area contributed by atoms with E-state index in [9.17, 15) is 18.0 Å². The van der Waals surface area contributed by atoms with Gasteiger partial charge in [0.15, 0.2) is 0 Å². The van der Waals surface area contributed by atoms with Gasteiger partial charge in [-0.25, -0.2) is 8.42 Å². The molecule has 2 aromatic rings. The third-order valence-electron chi connectivity index (χ3n) is 5.51. The van der Waals surface area contributed by atoms with E-state index in [0.29, 0.717) is 17.9 Å². The molecule has 1 atom stereocenters. The van der Waals surface area contributed by atoms with Crippen LogP contribution in [0.4, 0.5) is 5.69 Å². The quantitative estimate of drug-likeness (QED) is 0.570. The molecule has 2 rings (SSSR count). The third-order valence-corrected chi connectivity index (χ3v) is 6.62. The van der Waals surface area contributed by atoms with Gasteiger partial charge in [-0.2, -0.15) is 0 Å². The maximum atomic E-state index is 13.6. The highest BCUT2D eigenvalue weighted by molar-refractivity contribution is 7.92. The number of nitrogens with one attached hydrogen (secondary N) is 1. The monoisotopic (exact) mass is 475 g/mol. The van der Waals surface area contributed by atoms with Gasteiger partial charge < -0.3 is 15.0 Å². The van der Waals surface area contributed by atoms with Crippen molar-refractivity contribution in [3.05, 3.63) is 59.2 Å². The molecule has 0 heterocycles. The number of carbonyl (C=O) groups is 2. The minimum absolute atomic E-state index is 0.152. The SMILES string of the molecule is CC[C@@H](C(=O)NC)N(Cc1ccc(OC)cc1)C(=O)CN(c1c(C)cccc1C)S(C)(=O)=O. The number of hydrogen-bond acceptors (Lipinski definition) is 5. The van der Waals surface area contributed by atoms with Crippen LogP contribution in [0.25, 0.3) is 0 Å². The molecule has 0 radical (unpaired) electrons. The average Bonchev–Trinajstić information content (AvgIpc) is 2.77. The number of ether oxygens (including phenoxy) is 1. The summed E-state index contributed by atoms with van der Waals surface area (Å²) in [4.78, 5) is 27.6. The Morgan fingerprint density at radius 2 is 1.64 bits per heavy atom. The van der Waals surface area contributed by atoms with Crippen LogP contribution in [-0.4, -0.2) is 58.1 Å². The minimum Gasteiger partial charge on any atom is -0.497 e. The molecule has 0 spiro atoms. The van der Waals surface area contributed by atoms with Crippen molar-refractivity contribution < 1.29 is 22.7 Å². The van der Waals surface area contributed by atoms with Crippen LogP contribution in [0.3, 0.4) is 0 Å². The van der Waals surface area contributed by atoms with Gasteiger partial charge in [-0.1, -0.05) is 37.3 Å². The van der Waals surface area contributed by atoms with E-state index in [1.54, 1.807) is 45.2 Å². The second-order valence-corrected chi connectivity index (χ2v) is 9.82. The molecule has 9 heteroatoms. The number of benzene rings is 2. The van der Waals surface area contributed by atoms with Crippen LogP contribution in [0.1, 0.15) is 30.0 Å². The molecule has 2 aromatic carbocycles. The molecule has 0 saturated carbocycles. The largest absolute Gasteiger partial charge is 0.497 e. The number of sulfonamides is 1. The lowest BCUT2D eigenvalue weighted by Gasteiger charge is -2.33. The summed E-state index contributed by atoms with van der Waals surface area (Å²) < 4.78 is 31.7. The Balaban J connectivity index is 2.47. The molecule has 0 aliphatic carbocycles. The van der Waals surface area contributed by atoms with Gasteiger partial charge >= 0.3 is 0 Å². The second kappa shape index (κ2) is 11.2. The van der Waals surface area contributed by atoms with Crippen LogP contribution in [-0.2, 0) is 26.2 Å². The number of carbonyl (C=O) groups excluding carboxylic acids is 2. The number of methoxy groups -OCH3 is 1. The Morgan fingerprint density at radius 3 is 2.09 bits per heavy atom. The molecule has 180 valence electrons. The molecule has 0 aliphatic rings. The number of amides is 2. The number of hydrogen-bond donors (Lipinski definition) is 1. The van der Waals surface area contributed by atoms with Crippen molar-refractivity contribution in [3.63, 3.8) is 0 Å². The van der Waals surface area contributed by atoms with Crippen molar-refractivity contribution in [1.29, 1.82) is 0 Å². The summed E-state index contributed by atoms with van der Waals surface area (Å²) in [5, 5.41) is 2.60. The molecule has 0 fully saturated rings. The van der Waals surface area contributed by atoms with E-state index in [2.05, 4.69) is 5.32 Å². The average molecular weight is 476 g/mol. The number of nitrogens with zero attached hydrogens (tertiary/aromatic N) is 2. The summed E-state index contributed by atoms with van der Waals surface area (Å²) in [6.45, 7) is 5.17. The first kappa shape index (κ1) is 26.2. The Bertz CT molecular complexity index is 1060. The first-order chi connectivity index (χ1) is 15.5. The van der Waals surface area contributed by atoms with Crippen molar-refractivity contribution >= 4 is 27.5 Å². The highest BCUT2D eigenvalue weighted by Gasteiger charge is 2.32. The first-order valence-electron chi connectivity index (χ1n) is 10.7. The van der Waals surface area contributed by atoms with E-state index in [1.807, 2.05) is 25.1 Å². The molecular formula is C24H33N3O5S. The normalized spacial score (nSPS) is 12.1. The van der Waals surface area contributed by atoms with E-state index in [1.165, 1.54) is 11.9 Å². The summed E-state index contributed by atoms with van der Waals surface area (Å²) in [5.74, 6) is -0.0973. The summed E-state index contributed by atoms with van der Waals surface area (Å²) >= 11 is 0. The van der Waals surface area contributed by atoms with E-state index < -0.39 is 28.5 Å². The minimum atomic E-state index is -3.76. The molecule has 0 aromatic heterocycles. The number of aryl methyl sites for hydroxylation is 2. The molecule has 0 unspecified atom stereocenters. The Kier molecular flexibility index (Phi) is 8.87. The molecule has 0 saturated heterocycles. The van der Waals surface area contributed by atoms with Crippen LogP contribution >= 0.6 is 0 Å². The zero-order valence-electron chi connectivity index (χ0n) is 20.1. The van der Waals surface area contributed by atoms with Crippen molar-refractivity contribution in [3.8, 4) is 5.75 Å². The summed E-state index contributed by atoms with van der Waals surface area (Å²) in [5.41, 5.74) is 2.76. The molecule has 33 heavy (non-hydrogen) atoms. The molecule has 0 bridgehead atoms. The van der Waals surface area contributed by atoms with Gasteiger partial charge in [-0.3, -0.25) is 13.9 Å². The van der Waals surface area contributed by atoms with Crippen LogP contribution < -0.4 is 14.4 Å². The molecule has 1 N–H and O–H groups in total. The summed E-state index contributed by atoms with van der Waals surface area (Å²) in [7, 11) is -0.682. The van der Waals surface area contributed by atoms with Gasteiger partial charge in [0.05, 0.1) is 19.1 Å². The molecular weight excluding hydrogens is 442 g/mol. The zero-order valence-corrected chi connectivity index (χ0v) is 20.9. The van der Waals surface area contributed by atoms with Crippen LogP contribution in [0.5, 0.6) is 5.75 Å². The van der Waals surface area contributed by atoms with Crippen LogP contribution in [0, 0.1) is 13.8 Å². The Labute approximate surface area is 196 Å². The van der Waals surface area contributed by atoms with Gasteiger partial charge in [-0.15, -0.1) is 0 Å². The van der Waals surface area contributed by atoms with Gasteiger partial charge in [0.1, 0.15) is 18.3 Å². The number of rotatable bonds is 10. The Hall–Kier alpha value is -3.07. The summed E-state index contributed by atoms with van der Waals surface area (Å²) in [6.07, 6.45) is 1.46. The molecule has 2 amide bonds. The molecule has 0 aliphatic heterocycles. The maximum Gasteiger partial charge on any atom is 0.244 e. The van der Waals surface area contributed by atoms with E-state index in [-0.39, 0.29) is 12.5 Å². The van der Waals surface area contributed by atoms with Crippen molar-refractivity contribution in [2.24, 2.45) is 0 Å². The third kappa shape index (κ3) is 6.47. The van der Waals surface area contributed by atoms with Crippen LogP contribution in [0.15, 0.2) is 42.5 Å². The highest BCUT2D eigenvalue weighted by Crippen LogP contribution is 2.27. The lowest BCUT2D eigenvalue weighted by atomic mass is 10.1. The number of para-hydroxylation sites is 1. The Morgan fingerprint density at radius 1 is 1.06 bits per heavy atom. The topological polar surface area (TPSA) is 96.0 Å². The first-order valence-corrected chi connectivity index (χ1v) is 12.6. The van der Waals surface area contributed by atoms with Gasteiger partial charge in [0, 0.05) is 13.6 Å². The van der Waals surface area contributed by atoms with Gasteiger partial charge in [-0.05, 0) is 49.1 Å². The predicted molar refractivity (Wildman–Crippen MR) is 130 cm³/mol. The van der Waals surface area contributed by atoms with Gasteiger partial charge in [0.2, 0.25) is 21.8 Å². The number of anilines is 1. The standard InChI is InChI=1S/C24H33N3O5S/c1-7-21(24(29)25-4)26(15-19-11-13-20(32-5)14-12-19)22(28)16-27(33(6,30)31)23-17(2)9-8-10-18(23)3/h8-14,21H,7,15-16H2,1-6H3,(H,25,29)/t21-/m0/s1. The van der Waals surface area contributed by atoms with Crippen molar-refractivity contribution in [2.75, 3.05) is 31.3 Å². The highest BCUT2D eigenvalue weighted by atomic mass is 32.2. The fourth-order valence-electron chi connectivity index (χ4n) is 3.79. The maximum absolute atomic E-state index is 13.6.